The summed E-state index contributed by atoms with van der Waals surface area (Å²) in [5, 5.41) is 4.64. The Hall–Kier alpha value is -2.22. The van der Waals surface area contributed by atoms with E-state index in [0.29, 0.717) is 10.6 Å². The maximum absolute atomic E-state index is 14.8. The number of hydrogen-bond acceptors (Lipinski definition) is 3. The van der Waals surface area contributed by atoms with Crippen molar-refractivity contribution in [3.63, 3.8) is 0 Å². The second-order valence-electron chi connectivity index (χ2n) is 5.77. The summed E-state index contributed by atoms with van der Waals surface area (Å²) in [6.45, 7) is 0. The highest BCUT2D eigenvalue weighted by Gasteiger charge is 2.37. The van der Waals surface area contributed by atoms with Crippen LogP contribution in [0.2, 0.25) is 0 Å². The minimum absolute atomic E-state index is 0.0519. The van der Waals surface area contributed by atoms with Gasteiger partial charge in [0.25, 0.3) is 5.91 Å². The number of nitrogens with one attached hydrogen (secondary N) is 1. The maximum Gasteiger partial charge on any atom is 0.416 e. The van der Waals surface area contributed by atoms with Crippen molar-refractivity contribution in [3.8, 4) is 0 Å². The zero-order chi connectivity index (χ0) is 18.1. The molecule has 0 bridgehead atoms. The first-order chi connectivity index (χ1) is 11.8. The zero-order valence-electron chi connectivity index (χ0n) is 12.9. The van der Waals surface area contributed by atoms with Crippen molar-refractivity contribution in [1.29, 1.82) is 0 Å². The minimum atomic E-state index is -4.42. The number of carbonyl (C=O) groups is 1. The summed E-state index contributed by atoms with van der Waals surface area (Å²) in [7, 11) is 0. The predicted octanol–water partition coefficient (Wildman–Crippen LogP) is 5.08. The van der Waals surface area contributed by atoms with Crippen LogP contribution in [-0.2, 0) is 16.6 Å². The third-order valence-electron chi connectivity index (χ3n) is 4.04. The summed E-state index contributed by atoms with van der Waals surface area (Å²) in [6, 6.07) is 4.19. The molecule has 1 amide bonds. The first kappa shape index (κ1) is 17.6. The van der Waals surface area contributed by atoms with E-state index >= 15 is 0 Å². The molecule has 0 saturated heterocycles. The highest BCUT2D eigenvalue weighted by molar-refractivity contribution is 7.09. The fraction of sp³-hybridized carbons (Fsp3) is 0.294. The molecule has 1 aliphatic carbocycles. The lowest BCUT2D eigenvalue weighted by molar-refractivity contribution is -0.137. The van der Waals surface area contributed by atoms with Gasteiger partial charge in [-0.15, -0.1) is 11.3 Å². The average molecular weight is 370 g/mol. The lowest BCUT2D eigenvalue weighted by atomic mass is 9.87. The van der Waals surface area contributed by atoms with Crippen LogP contribution >= 0.6 is 11.3 Å². The molecule has 0 fully saturated rings. The molecule has 3 rings (SSSR count). The first-order valence-corrected chi connectivity index (χ1v) is 8.42. The molecule has 1 N–H and O–H groups in total. The van der Waals surface area contributed by atoms with Gasteiger partial charge in [0.2, 0.25) is 0 Å². The van der Waals surface area contributed by atoms with Gasteiger partial charge in [-0.05, 0) is 37.1 Å². The molecule has 0 saturated carbocycles. The van der Waals surface area contributed by atoms with Gasteiger partial charge in [-0.1, -0.05) is 6.08 Å². The second-order valence-corrected chi connectivity index (χ2v) is 6.66. The van der Waals surface area contributed by atoms with Gasteiger partial charge in [0.1, 0.15) is 5.01 Å². The van der Waals surface area contributed by atoms with Crippen molar-refractivity contribution in [2.75, 3.05) is 5.32 Å². The third kappa shape index (κ3) is 3.89. The van der Waals surface area contributed by atoms with Gasteiger partial charge in [0.05, 0.1) is 5.56 Å². The van der Waals surface area contributed by atoms with Crippen LogP contribution in [0.4, 0.5) is 23.2 Å². The number of thiazole rings is 1. The molecule has 1 atom stereocenters. The Kier molecular flexibility index (Phi) is 4.64. The van der Waals surface area contributed by atoms with E-state index in [9.17, 15) is 22.4 Å². The number of aromatic nitrogens is 1. The van der Waals surface area contributed by atoms with Gasteiger partial charge in [0.15, 0.2) is 5.67 Å². The first-order valence-electron chi connectivity index (χ1n) is 7.54. The SMILES string of the molecule is O=C(Nc1ccc(C(F)(F)F)cc1)C1=CCC(F)(c2nccs2)CC1. The number of benzene rings is 1. The van der Waals surface area contributed by atoms with E-state index in [1.54, 1.807) is 5.38 Å². The normalized spacial score (nSPS) is 20.9. The van der Waals surface area contributed by atoms with Crippen LogP contribution in [0, 0.1) is 0 Å². The molecule has 0 aliphatic heterocycles. The Morgan fingerprint density at radius 3 is 2.48 bits per heavy atom. The summed E-state index contributed by atoms with van der Waals surface area (Å²) in [5.74, 6) is -0.430. The van der Waals surface area contributed by atoms with E-state index in [-0.39, 0.29) is 24.9 Å². The van der Waals surface area contributed by atoms with E-state index in [1.807, 2.05) is 0 Å². The molecule has 1 heterocycles. The van der Waals surface area contributed by atoms with E-state index in [2.05, 4.69) is 10.3 Å². The molecule has 1 unspecified atom stereocenters. The van der Waals surface area contributed by atoms with E-state index in [0.717, 1.165) is 12.1 Å². The van der Waals surface area contributed by atoms with E-state index in [1.165, 1.54) is 35.7 Å². The quantitative estimate of drug-likeness (QED) is 0.766. The Balaban J connectivity index is 1.65. The fourth-order valence-electron chi connectivity index (χ4n) is 2.62. The van der Waals surface area contributed by atoms with Crippen LogP contribution in [0.25, 0.3) is 0 Å². The molecular weight excluding hydrogens is 356 g/mol. The zero-order valence-corrected chi connectivity index (χ0v) is 13.8. The highest BCUT2D eigenvalue weighted by Crippen LogP contribution is 2.41. The topological polar surface area (TPSA) is 42.0 Å². The lowest BCUT2D eigenvalue weighted by Crippen LogP contribution is -2.26. The van der Waals surface area contributed by atoms with Gasteiger partial charge >= 0.3 is 6.18 Å². The molecule has 2 aromatic rings. The number of hydrogen-bond donors (Lipinski definition) is 1. The van der Waals surface area contributed by atoms with Gasteiger partial charge in [-0.25, -0.2) is 9.37 Å². The Labute approximate surface area is 145 Å². The number of amides is 1. The van der Waals surface area contributed by atoms with Crippen molar-refractivity contribution in [1.82, 2.24) is 4.98 Å². The van der Waals surface area contributed by atoms with Crippen LogP contribution in [0.15, 0.2) is 47.5 Å². The van der Waals surface area contributed by atoms with Gasteiger partial charge in [0, 0.05) is 29.3 Å². The highest BCUT2D eigenvalue weighted by atomic mass is 32.1. The Morgan fingerprint density at radius 2 is 1.96 bits per heavy atom. The second kappa shape index (κ2) is 6.59. The Bertz CT molecular complexity index is 784. The average Bonchev–Trinajstić information content (AvgIpc) is 3.10. The molecule has 25 heavy (non-hydrogen) atoms. The summed E-state index contributed by atoms with van der Waals surface area (Å²) in [4.78, 5) is 16.2. The van der Waals surface area contributed by atoms with Crippen molar-refractivity contribution >= 4 is 22.9 Å². The van der Waals surface area contributed by atoms with Crippen LogP contribution in [0.5, 0.6) is 0 Å². The van der Waals surface area contributed by atoms with Gasteiger partial charge in [-0.2, -0.15) is 13.2 Å². The summed E-state index contributed by atoms with van der Waals surface area (Å²) in [6.07, 6.45) is -0.914. The standard InChI is InChI=1S/C17H14F4N2OS/c18-16(15-22-9-10-25-15)7-5-11(6-8-16)14(24)23-13-3-1-12(2-4-13)17(19,20)21/h1-5,9-10H,6-8H2,(H,23,24). The maximum atomic E-state index is 14.8. The lowest BCUT2D eigenvalue weighted by Gasteiger charge is -2.26. The molecule has 132 valence electrons. The summed E-state index contributed by atoms with van der Waals surface area (Å²) in [5.41, 5.74) is -1.67. The molecule has 1 aromatic carbocycles. The van der Waals surface area contributed by atoms with Crippen molar-refractivity contribution in [2.24, 2.45) is 0 Å². The van der Waals surface area contributed by atoms with Crippen LogP contribution < -0.4 is 5.32 Å². The van der Waals surface area contributed by atoms with Crippen molar-refractivity contribution in [3.05, 3.63) is 58.1 Å². The number of nitrogens with zero attached hydrogens (tertiary/aromatic N) is 1. The molecule has 1 aromatic heterocycles. The number of carbonyl (C=O) groups excluding carboxylic acids is 1. The molecule has 1 aliphatic rings. The molecule has 0 radical (unpaired) electrons. The molecule has 0 spiro atoms. The number of alkyl halides is 4. The number of anilines is 1. The largest absolute Gasteiger partial charge is 0.416 e. The molecular formula is C17H14F4N2OS. The summed E-state index contributed by atoms with van der Waals surface area (Å²) < 4.78 is 52.4. The van der Waals surface area contributed by atoms with Crippen LogP contribution in [0.3, 0.4) is 0 Å². The monoisotopic (exact) mass is 370 g/mol. The van der Waals surface area contributed by atoms with Crippen LogP contribution in [0.1, 0.15) is 29.8 Å². The Morgan fingerprint density at radius 1 is 1.24 bits per heavy atom. The summed E-state index contributed by atoms with van der Waals surface area (Å²) >= 11 is 1.24. The smallest absolute Gasteiger partial charge is 0.322 e. The van der Waals surface area contributed by atoms with Crippen LogP contribution in [-0.4, -0.2) is 10.9 Å². The van der Waals surface area contributed by atoms with Crippen molar-refractivity contribution in [2.45, 2.75) is 31.1 Å². The fourth-order valence-corrected chi connectivity index (χ4v) is 3.39. The van der Waals surface area contributed by atoms with Gasteiger partial charge in [-0.3, -0.25) is 4.79 Å². The molecule has 3 nitrogen and oxygen atoms in total. The van der Waals surface area contributed by atoms with E-state index < -0.39 is 23.3 Å². The predicted molar refractivity (Wildman–Crippen MR) is 86.9 cm³/mol. The molecule has 8 heteroatoms. The number of rotatable bonds is 3. The number of halogens is 4. The van der Waals surface area contributed by atoms with E-state index in [4.69, 9.17) is 0 Å². The minimum Gasteiger partial charge on any atom is -0.322 e. The number of allylic oxidation sites excluding steroid dienone is 1. The van der Waals surface area contributed by atoms with Gasteiger partial charge < -0.3 is 5.32 Å². The third-order valence-corrected chi connectivity index (χ3v) is 4.99. The van der Waals surface area contributed by atoms with Crippen molar-refractivity contribution < 1.29 is 22.4 Å².